The molecule has 140 valence electrons. The van der Waals surface area contributed by atoms with Crippen LogP contribution in [0.25, 0.3) is 0 Å². The monoisotopic (exact) mass is 358 g/mol. The Labute approximate surface area is 154 Å². The molecular formula is C19H26N4O3. The summed E-state index contributed by atoms with van der Waals surface area (Å²) in [6, 6.07) is 5.94. The minimum atomic E-state index is 0.641. The lowest BCUT2D eigenvalue weighted by Crippen LogP contribution is -2.46. The molecule has 0 radical (unpaired) electrons. The molecule has 2 heterocycles. The Hall–Kier alpha value is -2.54. The highest BCUT2D eigenvalue weighted by atomic mass is 16.5. The number of aryl methyl sites for hydroxylation is 1. The number of aromatic nitrogens is 2. The summed E-state index contributed by atoms with van der Waals surface area (Å²) in [6.45, 7) is 6.52. The lowest BCUT2D eigenvalue weighted by Gasteiger charge is -2.35. The number of anilines is 1. The third kappa shape index (κ3) is 3.83. The summed E-state index contributed by atoms with van der Waals surface area (Å²) in [5.74, 6) is 3.86. The second kappa shape index (κ2) is 8.23. The van der Waals surface area contributed by atoms with E-state index in [1.807, 2.05) is 31.3 Å². The molecular weight excluding hydrogens is 332 g/mol. The van der Waals surface area contributed by atoms with E-state index in [4.69, 9.17) is 14.2 Å². The fourth-order valence-corrected chi connectivity index (χ4v) is 3.28. The third-order valence-electron chi connectivity index (χ3n) is 4.64. The van der Waals surface area contributed by atoms with Gasteiger partial charge in [0.2, 0.25) is 5.75 Å². The maximum atomic E-state index is 5.60. The highest BCUT2D eigenvalue weighted by Crippen LogP contribution is 2.40. The standard InChI is InChI=1S/C19H26N4O3/c1-14-20-8-7-17(21-14)23-11-9-22(10-12-23)13-15-5-6-16(24-2)19(26-4)18(15)25-3/h5-8H,9-13H2,1-4H3. The average Bonchev–Trinajstić information content (AvgIpc) is 2.68. The van der Waals surface area contributed by atoms with E-state index in [1.165, 1.54) is 0 Å². The summed E-state index contributed by atoms with van der Waals surface area (Å²) in [4.78, 5) is 13.4. The summed E-state index contributed by atoms with van der Waals surface area (Å²) < 4.78 is 16.4. The van der Waals surface area contributed by atoms with Crippen LogP contribution >= 0.6 is 0 Å². The van der Waals surface area contributed by atoms with Gasteiger partial charge in [-0.05, 0) is 19.1 Å². The van der Waals surface area contributed by atoms with E-state index < -0.39 is 0 Å². The summed E-state index contributed by atoms with van der Waals surface area (Å²) >= 11 is 0. The van der Waals surface area contributed by atoms with Crippen LogP contribution < -0.4 is 19.1 Å². The number of piperazine rings is 1. The van der Waals surface area contributed by atoms with Gasteiger partial charge in [-0.3, -0.25) is 4.90 Å². The van der Waals surface area contributed by atoms with E-state index in [2.05, 4.69) is 19.8 Å². The van der Waals surface area contributed by atoms with Crippen LogP contribution in [-0.4, -0.2) is 62.4 Å². The number of rotatable bonds is 6. The minimum absolute atomic E-state index is 0.641. The fourth-order valence-electron chi connectivity index (χ4n) is 3.28. The maximum absolute atomic E-state index is 5.60. The summed E-state index contributed by atoms with van der Waals surface area (Å²) in [5.41, 5.74) is 1.09. The molecule has 1 fully saturated rings. The second-order valence-corrected chi connectivity index (χ2v) is 6.22. The van der Waals surface area contributed by atoms with Crippen molar-refractivity contribution in [1.29, 1.82) is 0 Å². The Morgan fingerprint density at radius 3 is 2.27 bits per heavy atom. The first-order valence-corrected chi connectivity index (χ1v) is 8.71. The second-order valence-electron chi connectivity index (χ2n) is 6.22. The van der Waals surface area contributed by atoms with Gasteiger partial charge in [-0.25, -0.2) is 9.97 Å². The predicted octanol–water partition coefficient (Wildman–Crippen LogP) is 2.13. The normalized spacial score (nSPS) is 15.0. The Morgan fingerprint density at radius 2 is 1.65 bits per heavy atom. The molecule has 7 nitrogen and oxygen atoms in total. The van der Waals surface area contributed by atoms with E-state index >= 15 is 0 Å². The molecule has 0 unspecified atom stereocenters. The SMILES string of the molecule is COc1ccc(CN2CCN(c3ccnc(C)n3)CC2)c(OC)c1OC. The first kappa shape index (κ1) is 18.3. The number of methoxy groups -OCH3 is 3. The van der Waals surface area contributed by atoms with Crippen molar-refractivity contribution in [3.63, 3.8) is 0 Å². The van der Waals surface area contributed by atoms with Gasteiger partial charge >= 0.3 is 0 Å². The first-order valence-electron chi connectivity index (χ1n) is 8.71. The third-order valence-corrected chi connectivity index (χ3v) is 4.64. The van der Waals surface area contributed by atoms with Crippen LogP contribution in [0.4, 0.5) is 5.82 Å². The molecule has 0 N–H and O–H groups in total. The van der Waals surface area contributed by atoms with E-state index in [9.17, 15) is 0 Å². The van der Waals surface area contributed by atoms with Crippen molar-refractivity contribution in [3.05, 3.63) is 35.8 Å². The van der Waals surface area contributed by atoms with Gasteiger partial charge in [0.1, 0.15) is 11.6 Å². The molecule has 1 aromatic carbocycles. The Kier molecular flexibility index (Phi) is 5.78. The van der Waals surface area contributed by atoms with Gasteiger partial charge in [-0.15, -0.1) is 0 Å². The van der Waals surface area contributed by atoms with E-state index in [0.29, 0.717) is 11.5 Å². The zero-order valence-electron chi connectivity index (χ0n) is 15.9. The Bertz CT molecular complexity index is 746. The van der Waals surface area contributed by atoms with Crippen LogP contribution in [0.5, 0.6) is 17.2 Å². The van der Waals surface area contributed by atoms with Gasteiger partial charge in [-0.2, -0.15) is 0 Å². The molecule has 1 aliphatic heterocycles. The summed E-state index contributed by atoms with van der Waals surface area (Å²) in [7, 11) is 4.92. The Balaban J connectivity index is 1.68. The zero-order valence-corrected chi connectivity index (χ0v) is 15.9. The largest absolute Gasteiger partial charge is 0.493 e. The van der Waals surface area contributed by atoms with Crippen LogP contribution in [0.3, 0.4) is 0 Å². The van der Waals surface area contributed by atoms with Crippen molar-refractivity contribution in [2.45, 2.75) is 13.5 Å². The van der Waals surface area contributed by atoms with Crippen LogP contribution in [-0.2, 0) is 6.54 Å². The zero-order chi connectivity index (χ0) is 18.5. The lowest BCUT2D eigenvalue weighted by atomic mass is 10.1. The number of hydrogen-bond acceptors (Lipinski definition) is 7. The van der Waals surface area contributed by atoms with Gasteiger partial charge in [0.05, 0.1) is 21.3 Å². The smallest absolute Gasteiger partial charge is 0.203 e. The molecule has 7 heteroatoms. The van der Waals surface area contributed by atoms with E-state index in [-0.39, 0.29) is 0 Å². The maximum Gasteiger partial charge on any atom is 0.203 e. The van der Waals surface area contributed by atoms with Gasteiger partial charge in [0.15, 0.2) is 11.5 Å². The molecule has 26 heavy (non-hydrogen) atoms. The highest BCUT2D eigenvalue weighted by molar-refractivity contribution is 5.55. The predicted molar refractivity (Wildman–Crippen MR) is 100 cm³/mol. The molecule has 0 atom stereocenters. The van der Waals surface area contributed by atoms with Crippen LogP contribution in [0.15, 0.2) is 24.4 Å². The molecule has 0 amide bonds. The minimum Gasteiger partial charge on any atom is -0.493 e. The molecule has 1 aliphatic rings. The molecule has 1 aromatic heterocycles. The lowest BCUT2D eigenvalue weighted by molar-refractivity contribution is 0.243. The Morgan fingerprint density at radius 1 is 0.923 bits per heavy atom. The van der Waals surface area contributed by atoms with Gasteiger partial charge < -0.3 is 19.1 Å². The molecule has 0 aliphatic carbocycles. The fraction of sp³-hybridized carbons (Fsp3) is 0.474. The topological polar surface area (TPSA) is 60.0 Å². The van der Waals surface area contributed by atoms with Crippen molar-refractivity contribution < 1.29 is 14.2 Å². The van der Waals surface area contributed by atoms with E-state index in [1.54, 1.807) is 21.3 Å². The van der Waals surface area contributed by atoms with Crippen molar-refractivity contribution >= 4 is 5.82 Å². The molecule has 3 rings (SSSR count). The summed E-state index contributed by atoms with van der Waals surface area (Å²) in [5, 5.41) is 0. The van der Waals surface area contributed by atoms with Crippen molar-refractivity contribution in [1.82, 2.24) is 14.9 Å². The average molecular weight is 358 g/mol. The van der Waals surface area contributed by atoms with Crippen LogP contribution in [0.2, 0.25) is 0 Å². The number of ether oxygens (including phenoxy) is 3. The van der Waals surface area contributed by atoms with Crippen molar-refractivity contribution in [3.8, 4) is 17.2 Å². The van der Waals surface area contributed by atoms with Crippen LogP contribution in [0.1, 0.15) is 11.4 Å². The number of hydrogen-bond donors (Lipinski definition) is 0. The summed E-state index contributed by atoms with van der Waals surface area (Å²) in [6.07, 6.45) is 1.82. The van der Waals surface area contributed by atoms with Gasteiger partial charge in [0.25, 0.3) is 0 Å². The quantitative estimate of drug-likeness (QED) is 0.784. The van der Waals surface area contributed by atoms with Crippen molar-refractivity contribution in [2.24, 2.45) is 0 Å². The number of nitrogens with zero attached hydrogens (tertiary/aromatic N) is 4. The van der Waals surface area contributed by atoms with Crippen LogP contribution in [0, 0.1) is 6.92 Å². The van der Waals surface area contributed by atoms with Crippen molar-refractivity contribution in [2.75, 3.05) is 52.4 Å². The highest BCUT2D eigenvalue weighted by Gasteiger charge is 2.22. The molecule has 1 saturated heterocycles. The molecule has 0 bridgehead atoms. The van der Waals surface area contributed by atoms with Gasteiger partial charge in [-0.1, -0.05) is 6.07 Å². The van der Waals surface area contributed by atoms with E-state index in [0.717, 1.165) is 55.7 Å². The first-order chi connectivity index (χ1) is 12.7. The number of benzene rings is 1. The van der Waals surface area contributed by atoms with Gasteiger partial charge in [0, 0.05) is 44.5 Å². The molecule has 0 spiro atoms. The molecule has 0 saturated carbocycles. The molecule has 2 aromatic rings.